The number of nitrogens with one attached hydrogen (secondary N) is 1. The van der Waals surface area contributed by atoms with Crippen molar-refractivity contribution in [2.75, 3.05) is 0 Å². The van der Waals surface area contributed by atoms with Crippen LogP contribution in [0.2, 0.25) is 0 Å². The molecular formula is C37H37FN2O6. The Bertz CT molecular complexity index is 1920. The summed E-state index contributed by atoms with van der Waals surface area (Å²) < 4.78 is 33.7. The lowest BCUT2D eigenvalue weighted by atomic mass is 9.86. The number of carbonyl (C=O) groups is 2. The largest absolute Gasteiger partial charge is 0.479 e. The van der Waals surface area contributed by atoms with Crippen molar-refractivity contribution in [1.29, 1.82) is 0 Å². The molecule has 2 unspecified atom stereocenters. The number of aromatic nitrogens is 1. The molecule has 2 aromatic heterocycles. The molecule has 2 heterocycles. The molecule has 46 heavy (non-hydrogen) atoms. The zero-order valence-electron chi connectivity index (χ0n) is 26.6. The SMILES string of the molecule is CCC(OC1(C(=O)O)CC1)(c1cc2cc(CC(=O)NC(c3ccccc3)c3ccc(C)cc3C)cc(F)c2o1)c1c(C)noc1C. The van der Waals surface area contributed by atoms with Crippen LogP contribution in [-0.2, 0) is 26.3 Å². The third-order valence-corrected chi connectivity index (χ3v) is 8.97. The molecule has 2 N–H and O–H groups in total. The van der Waals surface area contributed by atoms with Gasteiger partial charge in [-0.25, -0.2) is 9.18 Å². The summed E-state index contributed by atoms with van der Waals surface area (Å²) in [5.74, 6) is -1.27. The number of hydrogen-bond acceptors (Lipinski definition) is 6. The second-order valence-electron chi connectivity index (χ2n) is 12.3. The molecule has 0 aliphatic heterocycles. The average molecular weight is 625 g/mol. The van der Waals surface area contributed by atoms with Crippen LogP contribution in [-0.4, -0.2) is 27.7 Å². The molecule has 1 fully saturated rings. The molecule has 0 bridgehead atoms. The standard InChI is InChI=1S/C37H37FN2O6/c1-6-37(32-23(4)40-45-24(32)5,46-36(14-15-36)35(42)43)30-20-27-17-25(18-29(38)34(27)44-30)19-31(41)39-33(26-10-8-7-9-11-26)28-13-12-21(2)16-22(28)3/h7-13,16-18,20,33H,6,14-15,19H2,1-5H3,(H,39,41)(H,42,43). The molecule has 1 saturated carbocycles. The second kappa shape index (κ2) is 11.9. The third kappa shape index (κ3) is 5.60. The maximum absolute atomic E-state index is 15.7. The van der Waals surface area contributed by atoms with Gasteiger partial charge in [0.1, 0.15) is 11.5 Å². The number of hydrogen-bond donors (Lipinski definition) is 2. The summed E-state index contributed by atoms with van der Waals surface area (Å²) in [6.07, 6.45) is 0.894. The van der Waals surface area contributed by atoms with Crippen LogP contribution < -0.4 is 5.32 Å². The maximum atomic E-state index is 15.7. The minimum absolute atomic E-state index is 0.00930. The first-order valence-corrected chi connectivity index (χ1v) is 15.5. The quantitative estimate of drug-likeness (QED) is 0.156. The number of furan rings is 1. The van der Waals surface area contributed by atoms with E-state index in [1.807, 2.05) is 63.2 Å². The van der Waals surface area contributed by atoms with Crippen molar-refractivity contribution >= 4 is 22.8 Å². The van der Waals surface area contributed by atoms with Crippen LogP contribution in [0.5, 0.6) is 0 Å². The number of fused-ring (bicyclic) bond motifs is 1. The lowest BCUT2D eigenvalue weighted by molar-refractivity contribution is -0.169. The van der Waals surface area contributed by atoms with E-state index in [4.69, 9.17) is 13.7 Å². The van der Waals surface area contributed by atoms with Gasteiger partial charge in [-0.3, -0.25) is 4.79 Å². The van der Waals surface area contributed by atoms with E-state index >= 15 is 4.39 Å². The normalized spacial score (nSPS) is 15.8. The van der Waals surface area contributed by atoms with Gasteiger partial charge in [0, 0.05) is 5.39 Å². The van der Waals surface area contributed by atoms with E-state index in [9.17, 15) is 14.7 Å². The summed E-state index contributed by atoms with van der Waals surface area (Å²) in [6.45, 7) is 9.38. The summed E-state index contributed by atoms with van der Waals surface area (Å²) in [6, 6.07) is 20.2. The highest BCUT2D eigenvalue weighted by Gasteiger charge is 2.59. The molecule has 3 aromatic carbocycles. The molecule has 238 valence electrons. The Morgan fingerprint density at radius 3 is 2.41 bits per heavy atom. The third-order valence-electron chi connectivity index (χ3n) is 8.97. The van der Waals surface area contributed by atoms with Crippen molar-refractivity contribution < 1.29 is 32.8 Å². The molecule has 8 nitrogen and oxygen atoms in total. The minimum Gasteiger partial charge on any atom is -0.479 e. The monoisotopic (exact) mass is 624 g/mol. The van der Waals surface area contributed by atoms with Gasteiger partial charge in [0.05, 0.1) is 23.7 Å². The first-order valence-electron chi connectivity index (χ1n) is 15.5. The Balaban J connectivity index is 1.34. The Kier molecular flexibility index (Phi) is 8.06. The van der Waals surface area contributed by atoms with Crippen LogP contribution in [0.3, 0.4) is 0 Å². The number of benzene rings is 3. The zero-order chi connectivity index (χ0) is 32.8. The van der Waals surface area contributed by atoms with Gasteiger partial charge in [-0.15, -0.1) is 0 Å². The number of nitrogens with zero attached hydrogens (tertiary/aromatic N) is 1. The average Bonchev–Trinajstić information content (AvgIpc) is 3.54. The molecule has 9 heteroatoms. The van der Waals surface area contributed by atoms with E-state index < -0.39 is 23.0 Å². The molecule has 0 saturated heterocycles. The van der Waals surface area contributed by atoms with E-state index in [1.54, 1.807) is 26.0 Å². The van der Waals surface area contributed by atoms with Gasteiger partial charge in [-0.1, -0.05) is 66.2 Å². The van der Waals surface area contributed by atoms with Gasteiger partial charge in [0.15, 0.2) is 22.6 Å². The lowest BCUT2D eigenvalue weighted by Gasteiger charge is -2.34. The lowest BCUT2D eigenvalue weighted by Crippen LogP contribution is -2.40. The molecule has 1 amide bonds. The Morgan fingerprint density at radius 1 is 1.07 bits per heavy atom. The highest BCUT2D eigenvalue weighted by molar-refractivity contribution is 5.84. The van der Waals surface area contributed by atoms with E-state index in [0.29, 0.717) is 40.8 Å². The Hall–Kier alpha value is -4.76. The molecular weight excluding hydrogens is 587 g/mol. The molecule has 0 spiro atoms. The highest BCUT2D eigenvalue weighted by atomic mass is 19.1. The maximum Gasteiger partial charge on any atom is 0.336 e. The Labute approximate surface area is 266 Å². The number of carboxylic acids is 1. The van der Waals surface area contributed by atoms with E-state index in [2.05, 4.69) is 16.5 Å². The van der Waals surface area contributed by atoms with E-state index in [1.165, 1.54) is 6.07 Å². The number of halogens is 1. The minimum atomic E-state index is -1.39. The highest BCUT2D eigenvalue weighted by Crippen LogP contribution is 2.51. The van der Waals surface area contributed by atoms with Crippen molar-refractivity contribution in [2.24, 2.45) is 0 Å². The van der Waals surface area contributed by atoms with Gasteiger partial charge < -0.3 is 24.1 Å². The fraction of sp³-hybridized carbons (Fsp3) is 0.324. The predicted molar refractivity (Wildman–Crippen MR) is 170 cm³/mol. The fourth-order valence-electron chi connectivity index (χ4n) is 6.52. The van der Waals surface area contributed by atoms with Crippen LogP contribution >= 0.6 is 0 Å². The van der Waals surface area contributed by atoms with E-state index in [-0.39, 0.29) is 36.1 Å². The molecule has 5 aromatic rings. The summed E-state index contributed by atoms with van der Waals surface area (Å²) in [7, 11) is 0. The van der Waals surface area contributed by atoms with Crippen LogP contribution in [0.15, 0.2) is 75.7 Å². The van der Waals surface area contributed by atoms with Gasteiger partial charge in [-0.2, -0.15) is 0 Å². The van der Waals surface area contributed by atoms with Crippen molar-refractivity contribution in [3.05, 3.63) is 123 Å². The number of aryl methyl sites for hydroxylation is 4. The van der Waals surface area contributed by atoms with E-state index in [0.717, 1.165) is 22.3 Å². The molecule has 6 rings (SSSR count). The van der Waals surface area contributed by atoms with Crippen LogP contribution in [0, 0.1) is 33.5 Å². The molecule has 2 atom stereocenters. The van der Waals surface area contributed by atoms with Gasteiger partial charge in [0.25, 0.3) is 0 Å². The summed E-state index contributed by atoms with van der Waals surface area (Å²) in [5.41, 5.74) is 2.87. The van der Waals surface area contributed by atoms with Gasteiger partial charge in [0.2, 0.25) is 5.91 Å². The van der Waals surface area contributed by atoms with Gasteiger partial charge >= 0.3 is 5.97 Å². The number of rotatable bonds is 11. The van der Waals surface area contributed by atoms with Crippen LogP contribution in [0.4, 0.5) is 4.39 Å². The van der Waals surface area contributed by atoms with Crippen molar-refractivity contribution in [1.82, 2.24) is 10.5 Å². The number of carboxylic acid groups (broad SMARTS) is 1. The van der Waals surface area contributed by atoms with Crippen molar-refractivity contribution in [3.63, 3.8) is 0 Å². The molecule has 1 aliphatic rings. The first kappa shape index (κ1) is 31.2. The zero-order valence-corrected chi connectivity index (χ0v) is 26.6. The summed E-state index contributed by atoms with van der Waals surface area (Å²) in [5, 5.41) is 17.7. The smallest absolute Gasteiger partial charge is 0.336 e. The summed E-state index contributed by atoms with van der Waals surface area (Å²) in [4.78, 5) is 25.7. The topological polar surface area (TPSA) is 115 Å². The van der Waals surface area contributed by atoms with Crippen molar-refractivity contribution in [2.45, 2.75) is 77.5 Å². The van der Waals surface area contributed by atoms with Gasteiger partial charge in [-0.05, 0) is 87.4 Å². The predicted octanol–water partition coefficient (Wildman–Crippen LogP) is 7.53. The Morgan fingerprint density at radius 2 is 1.80 bits per heavy atom. The molecule has 0 radical (unpaired) electrons. The number of carbonyl (C=O) groups excluding carboxylic acids is 1. The number of ether oxygens (including phenoxy) is 1. The summed E-state index contributed by atoms with van der Waals surface area (Å²) >= 11 is 0. The second-order valence-corrected chi connectivity index (χ2v) is 12.3. The fourth-order valence-corrected chi connectivity index (χ4v) is 6.52. The van der Waals surface area contributed by atoms with Crippen LogP contribution in [0.1, 0.15) is 82.8 Å². The number of aliphatic carboxylic acids is 1. The first-order chi connectivity index (χ1) is 22.0. The van der Waals surface area contributed by atoms with Crippen LogP contribution in [0.25, 0.3) is 11.0 Å². The van der Waals surface area contributed by atoms with Crippen molar-refractivity contribution in [3.8, 4) is 0 Å². The molecule has 1 aliphatic carbocycles. The number of amides is 1.